The van der Waals surface area contributed by atoms with E-state index in [4.69, 9.17) is 9.47 Å². The number of benzene rings is 1. The molecule has 4 heteroatoms. The molecule has 0 saturated carbocycles. The lowest BCUT2D eigenvalue weighted by atomic mass is 9.92. The monoisotopic (exact) mass is 278 g/mol. The summed E-state index contributed by atoms with van der Waals surface area (Å²) < 4.78 is 10.00. The van der Waals surface area contributed by atoms with Gasteiger partial charge in [-0.3, -0.25) is 9.59 Å². The first-order valence-electron chi connectivity index (χ1n) is 6.82. The molecule has 0 heterocycles. The van der Waals surface area contributed by atoms with Crippen molar-refractivity contribution in [2.45, 2.75) is 39.5 Å². The summed E-state index contributed by atoms with van der Waals surface area (Å²) in [7, 11) is 0. The van der Waals surface area contributed by atoms with E-state index in [9.17, 15) is 9.59 Å². The van der Waals surface area contributed by atoms with Gasteiger partial charge in [-0.2, -0.15) is 0 Å². The second-order valence-corrected chi connectivity index (χ2v) is 4.87. The number of carbonyl (C=O) groups is 2. The van der Waals surface area contributed by atoms with Crippen LogP contribution in [0.2, 0.25) is 0 Å². The van der Waals surface area contributed by atoms with Crippen molar-refractivity contribution in [3.05, 3.63) is 35.4 Å². The van der Waals surface area contributed by atoms with Crippen LogP contribution in [0.25, 0.3) is 0 Å². The highest BCUT2D eigenvalue weighted by molar-refractivity contribution is 5.66. The van der Waals surface area contributed by atoms with Gasteiger partial charge in [-0.05, 0) is 31.2 Å². The van der Waals surface area contributed by atoms with E-state index in [0.29, 0.717) is 13.2 Å². The highest BCUT2D eigenvalue weighted by Crippen LogP contribution is 2.24. The van der Waals surface area contributed by atoms with Crippen molar-refractivity contribution in [3.63, 3.8) is 0 Å². The first kappa shape index (κ1) is 16.2. The minimum Gasteiger partial charge on any atom is -0.466 e. The molecule has 0 aliphatic heterocycles. The van der Waals surface area contributed by atoms with Crippen LogP contribution in [-0.2, 0) is 19.1 Å². The molecule has 0 aromatic heterocycles. The molecule has 0 aliphatic carbocycles. The fourth-order valence-corrected chi connectivity index (χ4v) is 2.01. The summed E-state index contributed by atoms with van der Waals surface area (Å²) in [4.78, 5) is 21.6. The zero-order chi connectivity index (χ0) is 15.0. The summed E-state index contributed by atoms with van der Waals surface area (Å²) in [6, 6.07) is 8.25. The topological polar surface area (TPSA) is 52.6 Å². The third-order valence-electron chi connectivity index (χ3n) is 3.09. The molecule has 1 rings (SSSR count). The van der Waals surface area contributed by atoms with Crippen molar-refractivity contribution >= 4 is 11.9 Å². The Hall–Kier alpha value is -1.84. The lowest BCUT2D eigenvalue weighted by molar-refractivity contribution is -0.141. The standard InChI is InChI=1S/C16H22O4/c1-12-4-6-15(7-5-12)16(8-10-19-13(2)17)9-11-20-14(3)18/h4-7,16H,8-11H2,1-3H3. The van der Waals surface area contributed by atoms with Gasteiger partial charge in [-0.1, -0.05) is 29.8 Å². The average Bonchev–Trinajstić information content (AvgIpc) is 2.37. The summed E-state index contributed by atoms with van der Waals surface area (Å²) in [6.07, 6.45) is 1.45. The molecule has 0 radical (unpaired) electrons. The Kier molecular flexibility index (Phi) is 6.77. The van der Waals surface area contributed by atoms with E-state index in [0.717, 1.165) is 12.8 Å². The molecule has 0 N–H and O–H groups in total. The van der Waals surface area contributed by atoms with Crippen molar-refractivity contribution in [2.24, 2.45) is 0 Å². The number of aryl methyl sites for hydroxylation is 1. The SMILES string of the molecule is CC(=O)OCCC(CCOC(C)=O)c1ccc(C)cc1. The van der Waals surface area contributed by atoms with Gasteiger partial charge in [0.25, 0.3) is 0 Å². The van der Waals surface area contributed by atoms with Crippen LogP contribution in [0.3, 0.4) is 0 Å². The molecular weight excluding hydrogens is 256 g/mol. The third-order valence-corrected chi connectivity index (χ3v) is 3.09. The predicted octanol–water partition coefficient (Wildman–Crippen LogP) is 2.99. The molecule has 1 aromatic rings. The summed E-state index contributed by atoms with van der Waals surface area (Å²) in [5.41, 5.74) is 2.38. The number of ether oxygens (including phenoxy) is 2. The Morgan fingerprint density at radius 3 is 1.80 bits per heavy atom. The van der Waals surface area contributed by atoms with Crippen molar-refractivity contribution in [2.75, 3.05) is 13.2 Å². The fraction of sp³-hybridized carbons (Fsp3) is 0.500. The Labute approximate surface area is 120 Å². The fourth-order valence-electron chi connectivity index (χ4n) is 2.01. The highest BCUT2D eigenvalue weighted by Gasteiger charge is 2.13. The van der Waals surface area contributed by atoms with E-state index in [1.807, 2.05) is 6.92 Å². The van der Waals surface area contributed by atoms with Gasteiger partial charge in [0, 0.05) is 13.8 Å². The maximum Gasteiger partial charge on any atom is 0.302 e. The molecule has 0 saturated heterocycles. The summed E-state index contributed by atoms with van der Waals surface area (Å²) in [6.45, 7) is 5.61. The third kappa shape index (κ3) is 6.36. The number of hydrogen-bond acceptors (Lipinski definition) is 4. The molecule has 0 bridgehead atoms. The predicted molar refractivity (Wildman–Crippen MR) is 76.4 cm³/mol. The minimum atomic E-state index is -0.271. The quantitative estimate of drug-likeness (QED) is 0.719. The summed E-state index contributed by atoms with van der Waals surface area (Å²) in [5.74, 6) is -0.324. The van der Waals surface area contributed by atoms with E-state index in [-0.39, 0.29) is 17.9 Å². The molecule has 0 unspecified atom stereocenters. The van der Waals surface area contributed by atoms with Crippen molar-refractivity contribution < 1.29 is 19.1 Å². The normalized spacial score (nSPS) is 10.4. The zero-order valence-corrected chi connectivity index (χ0v) is 12.3. The summed E-state index contributed by atoms with van der Waals surface area (Å²) >= 11 is 0. The minimum absolute atomic E-state index is 0.217. The Morgan fingerprint density at radius 1 is 0.950 bits per heavy atom. The van der Waals surface area contributed by atoms with Crippen LogP contribution in [0, 0.1) is 6.92 Å². The van der Waals surface area contributed by atoms with E-state index in [1.165, 1.54) is 25.0 Å². The Morgan fingerprint density at radius 2 is 1.40 bits per heavy atom. The molecule has 0 atom stereocenters. The largest absolute Gasteiger partial charge is 0.466 e. The van der Waals surface area contributed by atoms with Gasteiger partial charge in [-0.25, -0.2) is 0 Å². The zero-order valence-electron chi connectivity index (χ0n) is 12.3. The van der Waals surface area contributed by atoms with Crippen molar-refractivity contribution in [1.29, 1.82) is 0 Å². The van der Waals surface area contributed by atoms with Crippen LogP contribution >= 0.6 is 0 Å². The van der Waals surface area contributed by atoms with Gasteiger partial charge in [0.2, 0.25) is 0 Å². The van der Waals surface area contributed by atoms with Crippen LogP contribution < -0.4 is 0 Å². The second-order valence-electron chi connectivity index (χ2n) is 4.87. The second kappa shape index (κ2) is 8.35. The maximum atomic E-state index is 10.8. The maximum absolute atomic E-state index is 10.8. The molecule has 0 amide bonds. The highest BCUT2D eigenvalue weighted by atomic mass is 16.5. The van der Waals surface area contributed by atoms with Crippen molar-refractivity contribution in [3.8, 4) is 0 Å². The van der Waals surface area contributed by atoms with Gasteiger partial charge < -0.3 is 9.47 Å². The van der Waals surface area contributed by atoms with Crippen LogP contribution in [0.4, 0.5) is 0 Å². The lowest BCUT2D eigenvalue weighted by Gasteiger charge is -2.17. The van der Waals surface area contributed by atoms with Gasteiger partial charge in [0.15, 0.2) is 0 Å². The molecule has 0 fully saturated rings. The van der Waals surface area contributed by atoms with Gasteiger partial charge in [0.05, 0.1) is 13.2 Å². The molecule has 1 aromatic carbocycles. The van der Waals surface area contributed by atoms with E-state index < -0.39 is 0 Å². The summed E-state index contributed by atoms with van der Waals surface area (Å²) in [5, 5.41) is 0. The first-order valence-corrected chi connectivity index (χ1v) is 6.82. The smallest absolute Gasteiger partial charge is 0.302 e. The number of carbonyl (C=O) groups excluding carboxylic acids is 2. The molecule has 0 aliphatic rings. The molecule has 110 valence electrons. The van der Waals surface area contributed by atoms with Crippen molar-refractivity contribution in [1.82, 2.24) is 0 Å². The average molecular weight is 278 g/mol. The molecular formula is C16H22O4. The van der Waals surface area contributed by atoms with Crippen LogP contribution in [0.15, 0.2) is 24.3 Å². The van der Waals surface area contributed by atoms with E-state index >= 15 is 0 Å². The van der Waals surface area contributed by atoms with Crippen LogP contribution in [0.1, 0.15) is 43.7 Å². The van der Waals surface area contributed by atoms with Crippen LogP contribution in [0.5, 0.6) is 0 Å². The molecule has 4 nitrogen and oxygen atoms in total. The molecule has 20 heavy (non-hydrogen) atoms. The van der Waals surface area contributed by atoms with Gasteiger partial charge >= 0.3 is 11.9 Å². The van der Waals surface area contributed by atoms with E-state index in [2.05, 4.69) is 24.3 Å². The Balaban J connectivity index is 2.60. The van der Waals surface area contributed by atoms with Gasteiger partial charge in [0.1, 0.15) is 0 Å². The van der Waals surface area contributed by atoms with E-state index in [1.54, 1.807) is 0 Å². The number of rotatable bonds is 7. The van der Waals surface area contributed by atoms with Crippen LogP contribution in [-0.4, -0.2) is 25.2 Å². The Bertz CT molecular complexity index is 416. The van der Waals surface area contributed by atoms with Gasteiger partial charge in [-0.15, -0.1) is 0 Å². The first-order chi connectivity index (χ1) is 9.49. The lowest BCUT2D eigenvalue weighted by Crippen LogP contribution is -2.10. The molecule has 0 spiro atoms. The number of esters is 2. The number of hydrogen-bond donors (Lipinski definition) is 0.